The summed E-state index contributed by atoms with van der Waals surface area (Å²) in [7, 11) is -1.87. The van der Waals surface area contributed by atoms with Gasteiger partial charge in [0.1, 0.15) is 5.78 Å². The predicted molar refractivity (Wildman–Crippen MR) is 122 cm³/mol. The van der Waals surface area contributed by atoms with E-state index in [1.807, 2.05) is 0 Å². The molecule has 162 valence electrons. The maximum absolute atomic E-state index is 12.4. The number of Topliss-reactive ketones (excluding diaryl/α,β-unsaturated/α-hetero) is 1. The molecule has 0 radical (unpaired) electrons. The molecule has 0 bridgehead atoms. The largest absolute Gasteiger partial charge is 0.411 e. The van der Waals surface area contributed by atoms with E-state index in [-0.39, 0.29) is 35.2 Å². The fourth-order valence-electron chi connectivity index (χ4n) is 3.53. The van der Waals surface area contributed by atoms with E-state index in [4.69, 9.17) is 4.43 Å². The van der Waals surface area contributed by atoms with Crippen molar-refractivity contribution in [3.63, 3.8) is 0 Å². The number of aliphatic hydroxyl groups excluding tert-OH is 1. The molecule has 1 rings (SSSR count). The molecule has 1 aliphatic carbocycles. The van der Waals surface area contributed by atoms with Crippen LogP contribution in [0.4, 0.5) is 0 Å². The summed E-state index contributed by atoms with van der Waals surface area (Å²) in [5.41, 5.74) is 0. The second-order valence-corrected chi connectivity index (χ2v) is 14.6. The normalized spacial score (nSPS) is 25.3. The monoisotopic (exact) mass is 408 g/mol. The van der Waals surface area contributed by atoms with Crippen molar-refractivity contribution in [1.82, 2.24) is 0 Å². The van der Waals surface area contributed by atoms with Crippen LogP contribution in [0.25, 0.3) is 0 Å². The van der Waals surface area contributed by atoms with Crippen LogP contribution in [0, 0.1) is 11.8 Å². The second kappa shape index (κ2) is 11.5. The molecule has 0 unspecified atom stereocenters. The van der Waals surface area contributed by atoms with Crippen molar-refractivity contribution in [3.05, 3.63) is 24.3 Å². The van der Waals surface area contributed by atoms with E-state index in [1.54, 1.807) is 0 Å². The molecule has 1 saturated carbocycles. The van der Waals surface area contributed by atoms with Gasteiger partial charge in [-0.05, 0) is 37.4 Å². The maximum atomic E-state index is 12.4. The molecule has 0 heterocycles. The first kappa shape index (κ1) is 25.3. The average molecular weight is 409 g/mol. The van der Waals surface area contributed by atoms with Crippen LogP contribution in [-0.2, 0) is 9.22 Å². The van der Waals surface area contributed by atoms with Gasteiger partial charge in [0.15, 0.2) is 8.32 Å². The number of allylic oxidation sites excluding steroid dienone is 2. The maximum Gasteiger partial charge on any atom is 0.192 e. The van der Waals surface area contributed by atoms with Crippen molar-refractivity contribution in [2.24, 2.45) is 11.8 Å². The lowest BCUT2D eigenvalue weighted by Gasteiger charge is -2.38. The minimum atomic E-state index is -1.87. The molecule has 0 aromatic heterocycles. The summed E-state index contributed by atoms with van der Waals surface area (Å²) in [4.78, 5) is 12.4. The third-order valence-electron chi connectivity index (χ3n) is 6.42. The lowest BCUT2D eigenvalue weighted by molar-refractivity contribution is -0.121. The molecule has 0 aromatic rings. The number of hydrogen-bond acceptors (Lipinski definition) is 3. The lowest BCUT2D eigenvalue weighted by atomic mass is 9.90. The predicted octanol–water partition coefficient (Wildman–Crippen LogP) is 6.44. The second-order valence-electron chi connectivity index (χ2n) is 9.83. The lowest BCUT2D eigenvalue weighted by Crippen LogP contribution is -2.43. The van der Waals surface area contributed by atoms with Gasteiger partial charge < -0.3 is 9.53 Å². The van der Waals surface area contributed by atoms with Gasteiger partial charge >= 0.3 is 0 Å². The van der Waals surface area contributed by atoms with E-state index in [0.29, 0.717) is 0 Å². The Labute approximate surface area is 174 Å². The first-order valence-corrected chi connectivity index (χ1v) is 14.2. The number of rotatable bonds is 11. The molecule has 4 heteroatoms. The molecule has 1 N–H and O–H groups in total. The van der Waals surface area contributed by atoms with Crippen molar-refractivity contribution in [2.75, 3.05) is 0 Å². The minimum Gasteiger partial charge on any atom is -0.411 e. The van der Waals surface area contributed by atoms with E-state index in [2.05, 4.69) is 72.0 Å². The molecule has 28 heavy (non-hydrogen) atoms. The van der Waals surface area contributed by atoms with E-state index < -0.39 is 14.4 Å². The molecule has 3 nitrogen and oxygen atoms in total. The molecule has 0 aromatic carbocycles. The highest BCUT2D eigenvalue weighted by Gasteiger charge is 2.40. The minimum absolute atomic E-state index is 0.0715. The zero-order chi connectivity index (χ0) is 21.4. The first-order valence-electron chi connectivity index (χ1n) is 11.2. The summed E-state index contributed by atoms with van der Waals surface area (Å²) >= 11 is 0. The molecule has 0 amide bonds. The van der Waals surface area contributed by atoms with Crippen LogP contribution in [0.5, 0.6) is 0 Å². The third kappa shape index (κ3) is 7.60. The fourth-order valence-corrected chi connectivity index (χ4v) is 4.84. The number of unbranched alkanes of at least 4 members (excludes halogenated alkanes) is 2. The fraction of sp³-hybridized carbons (Fsp3) is 0.792. The zero-order valence-corrected chi connectivity index (χ0v) is 20.3. The number of aliphatic hydroxyl groups is 1. The summed E-state index contributed by atoms with van der Waals surface area (Å²) in [6.07, 6.45) is 14.5. The average Bonchev–Trinajstić information content (AvgIpc) is 2.85. The van der Waals surface area contributed by atoms with Crippen molar-refractivity contribution in [3.8, 4) is 0 Å². The smallest absolute Gasteiger partial charge is 0.192 e. The Morgan fingerprint density at radius 2 is 1.89 bits per heavy atom. The van der Waals surface area contributed by atoms with Gasteiger partial charge in [-0.25, -0.2) is 0 Å². The van der Waals surface area contributed by atoms with Crippen molar-refractivity contribution in [2.45, 2.75) is 110 Å². The molecule has 0 saturated heterocycles. The number of carbonyl (C=O) groups excluding carboxylic acids is 1. The Morgan fingerprint density at radius 1 is 1.21 bits per heavy atom. The third-order valence-corrected chi connectivity index (χ3v) is 10.9. The van der Waals surface area contributed by atoms with Gasteiger partial charge in [0.25, 0.3) is 0 Å². The van der Waals surface area contributed by atoms with Gasteiger partial charge in [-0.1, -0.05) is 78.2 Å². The number of ketones is 1. The van der Waals surface area contributed by atoms with E-state index >= 15 is 0 Å². The van der Waals surface area contributed by atoms with Crippen LogP contribution < -0.4 is 0 Å². The van der Waals surface area contributed by atoms with Crippen molar-refractivity contribution >= 4 is 14.1 Å². The van der Waals surface area contributed by atoms with Crippen LogP contribution in [-0.4, -0.2) is 31.4 Å². The quantitative estimate of drug-likeness (QED) is 0.243. The summed E-state index contributed by atoms with van der Waals surface area (Å²) in [5, 5.41) is 10.6. The Balaban J connectivity index is 2.92. The van der Waals surface area contributed by atoms with Gasteiger partial charge in [-0.3, -0.25) is 4.79 Å². The van der Waals surface area contributed by atoms with Crippen LogP contribution in [0.2, 0.25) is 18.1 Å². The number of carbonyl (C=O) groups is 1. The summed E-state index contributed by atoms with van der Waals surface area (Å²) in [6, 6.07) is 0. The van der Waals surface area contributed by atoms with Gasteiger partial charge in [0.05, 0.1) is 12.2 Å². The Bertz CT molecular complexity index is 530. The summed E-state index contributed by atoms with van der Waals surface area (Å²) < 4.78 is 6.68. The van der Waals surface area contributed by atoms with Crippen molar-refractivity contribution in [1.29, 1.82) is 0 Å². The van der Waals surface area contributed by atoms with Crippen LogP contribution in [0.1, 0.15) is 79.6 Å². The van der Waals surface area contributed by atoms with E-state index in [0.717, 1.165) is 25.7 Å². The van der Waals surface area contributed by atoms with Crippen LogP contribution in [0.15, 0.2) is 24.3 Å². The molecule has 0 spiro atoms. The van der Waals surface area contributed by atoms with Crippen molar-refractivity contribution < 1.29 is 14.3 Å². The van der Waals surface area contributed by atoms with Crippen LogP contribution >= 0.6 is 0 Å². The highest BCUT2D eigenvalue weighted by atomic mass is 28.4. The molecule has 0 aliphatic heterocycles. The van der Waals surface area contributed by atoms with Gasteiger partial charge in [0, 0.05) is 18.3 Å². The standard InChI is InChI=1S/C24H44O3Si/c1-8-10-12-14-19(27-28(6,7)24(3,4)5)16-17-21-20(15-13-11-9-2)22(25)18-23(21)26/h11,13,16-17,19-21,23,26H,8-10,12,14-15,18H2,1-7H3/b13-11-,17-16+/t19-,20+,21+,23+/m0/s1. The number of hydrogen-bond donors (Lipinski definition) is 1. The summed E-state index contributed by atoms with van der Waals surface area (Å²) in [6.45, 7) is 15.7. The van der Waals surface area contributed by atoms with Gasteiger partial charge in [-0.15, -0.1) is 0 Å². The van der Waals surface area contributed by atoms with Crippen LogP contribution in [0.3, 0.4) is 0 Å². The highest BCUT2D eigenvalue weighted by molar-refractivity contribution is 6.74. The molecule has 1 aliphatic rings. The Kier molecular flexibility index (Phi) is 10.4. The van der Waals surface area contributed by atoms with E-state index in [1.165, 1.54) is 12.8 Å². The summed E-state index contributed by atoms with van der Waals surface area (Å²) in [5.74, 6) is -0.000314. The topological polar surface area (TPSA) is 46.5 Å². The Hall–Kier alpha value is -0.713. The van der Waals surface area contributed by atoms with Gasteiger partial charge in [0.2, 0.25) is 0 Å². The van der Waals surface area contributed by atoms with E-state index in [9.17, 15) is 9.90 Å². The van der Waals surface area contributed by atoms with Gasteiger partial charge in [-0.2, -0.15) is 0 Å². The Morgan fingerprint density at radius 3 is 2.46 bits per heavy atom. The molecular weight excluding hydrogens is 364 g/mol. The first-order chi connectivity index (χ1) is 13.0. The molecule has 4 atom stereocenters. The zero-order valence-electron chi connectivity index (χ0n) is 19.3. The molecule has 1 fully saturated rings. The highest BCUT2D eigenvalue weighted by Crippen LogP contribution is 2.38. The molecular formula is C24H44O3Si. The SMILES string of the molecule is CC/C=C\C[C@H]1C(=O)C[C@@H](O)[C@@H]1/C=C/[C@H](CCCCC)O[Si](C)(C)C(C)(C)C.